The van der Waals surface area contributed by atoms with Gasteiger partial charge in [0, 0.05) is 28.7 Å². The van der Waals surface area contributed by atoms with Crippen LogP contribution in [0.5, 0.6) is 0 Å². The molecule has 0 aromatic heterocycles. The molecule has 1 saturated heterocycles. The molecule has 1 fully saturated rings. The number of piperidine rings is 1. The lowest BCUT2D eigenvalue weighted by Crippen LogP contribution is -2.44. The summed E-state index contributed by atoms with van der Waals surface area (Å²) in [6.07, 6.45) is 1.97. The van der Waals surface area contributed by atoms with E-state index in [4.69, 9.17) is 23.2 Å². The molecule has 0 spiro atoms. The summed E-state index contributed by atoms with van der Waals surface area (Å²) in [5.41, 5.74) is 2.41. The number of hydrogen-bond acceptors (Lipinski definition) is 4. The quantitative estimate of drug-likeness (QED) is 0.409. The van der Waals surface area contributed by atoms with Gasteiger partial charge in [-0.2, -0.15) is 0 Å². The van der Waals surface area contributed by atoms with E-state index in [-0.39, 0.29) is 24.3 Å². The van der Waals surface area contributed by atoms with Crippen LogP contribution in [-0.4, -0.2) is 42.3 Å². The van der Waals surface area contributed by atoms with E-state index in [0.717, 1.165) is 32.5 Å². The van der Waals surface area contributed by atoms with Gasteiger partial charge in [0.05, 0.1) is 17.3 Å². The van der Waals surface area contributed by atoms with E-state index in [0.29, 0.717) is 26.9 Å². The molecule has 0 unspecified atom stereocenters. The van der Waals surface area contributed by atoms with Crippen molar-refractivity contribution < 1.29 is 9.59 Å². The SMILES string of the molecule is O=C(CNC1CCN(Cc2ccccc2)CC1)Nc1ccc(Cl)cc1C(=O)c1ccccc1Cl. The van der Waals surface area contributed by atoms with Gasteiger partial charge < -0.3 is 10.6 Å². The molecular formula is C27H27Cl2N3O2. The predicted molar refractivity (Wildman–Crippen MR) is 138 cm³/mol. The van der Waals surface area contributed by atoms with E-state index in [9.17, 15) is 9.59 Å². The van der Waals surface area contributed by atoms with Gasteiger partial charge in [-0.15, -0.1) is 0 Å². The number of likely N-dealkylation sites (tertiary alicyclic amines) is 1. The van der Waals surface area contributed by atoms with Gasteiger partial charge >= 0.3 is 0 Å². The molecule has 3 aromatic carbocycles. The van der Waals surface area contributed by atoms with Crippen molar-refractivity contribution in [3.8, 4) is 0 Å². The lowest BCUT2D eigenvalue weighted by Gasteiger charge is -2.32. The van der Waals surface area contributed by atoms with Crippen LogP contribution in [0.3, 0.4) is 0 Å². The zero-order valence-electron chi connectivity index (χ0n) is 18.8. The highest BCUT2D eigenvalue weighted by atomic mass is 35.5. The number of amides is 1. The molecule has 4 rings (SSSR count). The Labute approximate surface area is 210 Å². The maximum atomic E-state index is 13.1. The largest absolute Gasteiger partial charge is 0.324 e. The Balaban J connectivity index is 1.31. The molecule has 5 nitrogen and oxygen atoms in total. The van der Waals surface area contributed by atoms with Crippen molar-refractivity contribution in [1.82, 2.24) is 10.2 Å². The highest BCUT2D eigenvalue weighted by molar-refractivity contribution is 6.36. The van der Waals surface area contributed by atoms with Gasteiger partial charge in [0.25, 0.3) is 0 Å². The molecule has 176 valence electrons. The highest BCUT2D eigenvalue weighted by Crippen LogP contribution is 2.26. The maximum Gasteiger partial charge on any atom is 0.238 e. The topological polar surface area (TPSA) is 61.4 Å². The number of halogens is 2. The third-order valence-electron chi connectivity index (χ3n) is 6.01. The first-order chi connectivity index (χ1) is 16.5. The van der Waals surface area contributed by atoms with Gasteiger partial charge in [-0.3, -0.25) is 14.5 Å². The Bertz CT molecular complexity index is 1150. The summed E-state index contributed by atoms with van der Waals surface area (Å²) in [4.78, 5) is 28.2. The van der Waals surface area contributed by atoms with Gasteiger partial charge in [0.1, 0.15) is 0 Å². The Morgan fingerprint density at radius 3 is 2.32 bits per heavy atom. The van der Waals surface area contributed by atoms with Crippen molar-refractivity contribution in [1.29, 1.82) is 0 Å². The van der Waals surface area contributed by atoms with Gasteiger partial charge in [-0.1, -0.05) is 65.7 Å². The fraction of sp³-hybridized carbons (Fsp3) is 0.259. The molecule has 1 aliphatic heterocycles. The minimum absolute atomic E-state index is 0.172. The lowest BCUT2D eigenvalue weighted by molar-refractivity contribution is -0.115. The van der Waals surface area contributed by atoms with Crippen LogP contribution in [0.15, 0.2) is 72.8 Å². The second-order valence-electron chi connectivity index (χ2n) is 8.46. The first-order valence-corrected chi connectivity index (χ1v) is 12.1. The van der Waals surface area contributed by atoms with E-state index in [2.05, 4.69) is 39.8 Å². The summed E-state index contributed by atoms with van der Waals surface area (Å²) >= 11 is 12.3. The fourth-order valence-corrected chi connectivity index (χ4v) is 4.57. The molecule has 2 N–H and O–H groups in total. The van der Waals surface area contributed by atoms with Crippen LogP contribution in [-0.2, 0) is 11.3 Å². The summed E-state index contributed by atoms with van der Waals surface area (Å²) < 4.78 is 0. The number of hydrogen-bond donors (Lipinski definition) is 2. The third-order valence-corrected chi connectivity index (χ3v) is 6.57. The van der Waals surface area contributed by atoms with E-state index in [1.807, 2.05) is 6.07 Å². The number of benzene rings is 3. The smallest absolute Gasteiger partial charge is 0.238 e. The molecule has 7 heteroatoms. The molecule has 1 amide bonds. The van der Waals surface area contributed by atoms with Gasteiger partial charge in [-0.25, -0.2) is 0 Å². The van der Waals surface area contributed by atoms with Crippen molar-refractivity contribution in [2.45, 2.75) is 25.4 Å². The van der Waals surface area contributed by atoms with Crippen LogP contribution in [0.4, 0.5) is 5.69 Å². The highest BCUT2D eigenvalue weighted by Gasteiger charge is 2.21. The monoisotopic (exact) mass is 495 g/mol. The number of anilines is 1. The Morgan fingerprint density at radius 2 is 1.59 bits per heavy atom. The van der Waals surface area contributed by atoms with Crippen molar-refractivity contribution >= 4 is 40.6 Å². The molecule has 0 bridgehead atoms. The Hall–Kier alpha value is -2.70. The second-order valence-corrected chi connectivity index (χ2v) is 9.31. The molecule has 1 heterocycles. The van der Waals surface area contributed by atoms with Crippen LogP contribution < -0.4 is 10.6 Å². The van der Waals surface area contributed by atoms with E-state index < -0.39 is 0 Å². The summed E-state index contributed by atoms with van der Waals surface area (Å²) in [5, 5.41) is 6.97. The van der Waals surface area contributed by atoms with Crippen molar-refractivity contribution in [3.63, 3.8) is 0 Å². The van der Waals surface area contributed by atoms with Gasteiger partial charge in [-0.05, 0) is 61.8 Å². The summed E-state index contributed by atoms with van der Waals surface area (Å²) in [7, 11) is 0. The molecule has 3 aromatic rings. The predicted octanol–water partition coefficient (Wildman–Crippen LogP) is 5.42. The number of nitrogens with one attached hydrogen (secondary N) is 2. The summed E-state index contributed by atoms with van der Waals surface area (Å²) in [5.74, 6) is -0.496. The van der Waals surface area contributed by atoms with Gasteiger partial charge in [0.15, 0.2) is 5.78 Å². The minimum Gasteiger partial charge on any atom is -0.324 e. The molecule has 0 atom stereocenters. The van der Waals surface area contributed by atoms with E-state index >= 15 is 0 Å². The molecule has 1 aliphatic rings. The van der Waals surface area contributed by atoms with Crippen LogP contribution in [0.2, 0.25) is 10.0 Å². The molecule has 0 saturated carbocycles. The zero-order valence-corrected chi connectivity index (χ0v) is 20.3. The number of ketones is 1. The van der Waals surface area contributed by atoms with Gasteiger partial charge in [0.2, 0.25) is 5.91 Å². The fourth-order valence-electron chi connectivity index (χ4n) is 4.17. The van der Waals surface area contributed by atoms with Crippen molar-refractivity contribution in [2.24, 2.45) is 0 Å². The minimum atomic E-state index is -0.290. The summed E-state index contributed by atoms with van der Waals surface area (Å²) in [6.45, 7) is 3.10. The van der Waals surface area contributed by atoms with Crippen molar-refractivity contribution in [3.05, 3.63) is 99.5 Å². The normalized spacial score (nSPS) is 14.6. The standard InChI is InChI=1S/C27H27Cl2N3O2/c28-20-10-11-25(23(16-20)27(34)22-8-4-5-9-24(22)29)31-26(33)17-30-21-12-14-32(15-13-21)18-19-6-2-1-3-7-19/h1-11,16,21,30H,12-15,17-18H2,(H,31,33). The van der Waals surface area contributed by atoms with Crippen LogP contribution in [0.25, 0.3) is 0 Å². The first kappa shape index (κ1) is 24.4. The molecule has 0 radical (unpaired) electrons. The molecular weight excluding hydrogens is 469 g/mol. The summed E-state index contributed by atoms with van der Waals surface area (Å²) in [6, 6.07) is 22.4. The number of nitrogens with zero attached hydrogens (tertiary/aromatic N) is 1. The van der Waals surface area contributed by atoms with Crippen molar-refractivity contribution in [2.75, 3.05) is 25.0 Å². The number of carbonyl (C=O) groups excluding carboxylic acids is 2. The first-order valence-electron chi connectivity index (χ1n) is 11.4. The third kappa shape index (κ3) is 6.45. The number of rotatable bonds is 8. The lowest BCUT2D eigenvalue weighted by atomic mass is 10.0. The van der Waals surface area contributed by atoms with Crippen LogP contribution >= 0.6 is 23.2 Å². The average molecular weight is 496 g/mol. The Kier molecular flexibility index (Phi) is 8.35. The maximum absolute atomic E-state index is 13.1. The average Bonchev–Trinajstić information content (AvgIpc) is 2.85. The Morgan fingerprint density at radius 1 is 0.882 bits per heavy atom. The van der Waals surface area contributed by atoms with Crippen LogP contribution in [0.1, 0.15) is 34.3 Å². The molecule has 34 heavy (non-hydrogen) atoms. The van der Waals surface area contributed by atoms with Crippen LogP contribution in [0, 0.1) is 0 Å². The zero-order chi connectivity index (χ0) is 23.9. The second kappa shape index (κ2) is 11.6. The number of carbonyl (C=O) groups is 2. The molecule has 0 aliphatic carbocycles. The van der Waals surface area contributed by atoms with E-state index in [1.54, 1.807) is 42.5 Å². The van der Waals surface area contributed by atoms with E-state index in [1.165, 1.54) is 5.56 Å².